The maximum Gasteiger partial charge on any atom is 0.249 e. The molecule has 1 amide bonds. The zero-order chi connectivity index (χ0) is 24.1. The van der Waals surface area contributed by atoms with Gasteiger partial charge in [0, 0.05) is 24.2 Å². The predicted octanol–water partition coefficient (Wildman–Crippen LogP) is 2.33. The van der Waals surface area contributed by atoms with E-state index in [0.29, 0.717) is 12.2 Å². The highest BCUT2D eigenvalue weighted by Gasteiger charge is 2.26. The number of rotatable bonds is 9. The number of sulfone groups is 1. The Labute approximate surface area is 197 Å². The lowest BCUT2D eigenvalue weighted by molar-refractivity contribution is -0.121. The highest BCUT2D eigenvalue weighted by Crippen LogP contribution is 2.32. The fourth-order valence-electron chi connectivity index (χ4n) is 3.52. The number of carbonyl (C=O) groups excluding carboxylic acids is 1. The SMILES string of the molecule is CCCCOc1cccc(F)c1S(=O)(=O)c1ccc(CNC(=O)C2C=c3cnccc3=N2)cc1. The standard InChI is InChI=1S/C25H24FN3O4S/c1-2-3-13-33-23-6-4-5-20(26)24(23)34(31,32)19-9-7-17(8-10-19)15-28-25(30)22-14-18-16-27-12-11-21(18)29-22/h4-12,14,16,22H,2-3,13,15H2,1H3,(H,28,30). The number of ether oxygens (including phenoxy) is 1. The maximum atomic E-state index is 14.6. The molecule has 1 N–H and O–H groups in total. The molecule has 1 aromatic heterocycles. The maximum absolute atomic E-state index is 14.6. The Balaban J connectivity index is 1.46. The molecule has 7 nitrogen and oxygen atoms in total. The van der Waals surface area contributed by atoms with Gasteiger partial charge in [0.2, 0.25) is 15.7 Å². The van der Waals surface area contributed by atoms with E-state index in [4.69, 9.17) is 4.74 Å². The molecule has 0 spiro atoms. The van der Waals surface area contributed by atoms with Crippen LogP contribution in [0.4, 0.5) is 4.39 Å². The summed E-state index contributed by atoms with van der Waals surface area (Å²) < 4.78 is 46.4. The lowest BCUT2D eigenvalue weighted by atomic mass is 10.2. The van der Waals surface area contributed by atoms with Gasteiger partial charge in [-0.25, -0.2) is 12.8 Å². The predicted molar refractivity (Wildman–Crippen MR) is 124 cm³/mol. The third-order valence-corrected chi connectivity index (χ3v) is 7.19. The summed E-state index contributed by atoms with van der Waals surface area (Å²) in [7, 11) is -4.14. The number of nitrogens with one attached hydrogen (secondary N) is 1. The summed E-state index contributed by atoms with van der Waals surface area (Å²) in [6, 6.07) is 11.0. The number of nitrogens with zero attached hydrogens (tertiary/aromatic N) is 2. The van der Waals surface area contributed by atoms with E-state index in [-0.39, 0.29) is 23.1 Å². The monoisotopic (exact) mass is 481 g/mol. The van der Waals surface area contributed by atoms with E-state index in [1.54, 1.807) is 36.7 Å². The lowest BCUT2D eigenvalue weighted by Gasteiger charge is -2.13. The summed E-state index contributed by atoms with van der Waals surface area (Å²) in [4.78, 5) is 20.3. The van der Waals surface area contributed by atoms with Crippen LogP contribution in [0.1, 0.15) is 25.3 Å². The molecule has 0 aliphatic carbocycles. The molecular formula is C25H24FN3O4S. The average Bonchev–Trinajstić information content (AvgIpc) is 3.27. The molecule has 176 valence electrons. The molecule has 0 saturated carbocycles. The Bertz CT molecular complexity index is 1390. The Morgan fingerprint density at radius 1 is 1.15 bits per heavy atom. The topological polar surface area (TPSA) is 97.7 Å². The van der Waals surface area contributed by atoms with Crippen LogP contribution in [0.5, 0.6) is 5.75 Å². The summed E-state index contributed by atoms with van der Waals surface area (Å²) in [5, 5.41) is 4.33. The van der Waals surface area contributed by atoms with Crippen LogP contribution in [0, 0.1) is 5.82 Å². The Kier molecular flexibility index (Phi) is 7.02. The fourth-order valence-corrected chi connectivity index (χ4v) is 4.97. The molecule has 0 saturated heterocycles. The Morgan fingerprint density at radius 3 is 2.68 bits per heavy atom. The first-order chi connectivity index (χ1) is 16.4. The van der Waals surface area contributed by atoms with Gasteiger partial charge in [-0.05, 0) is 48.4 Å². The minimum Gasteiger partial charge on any atom is -0.492 e. The van der Waals surface area contributed by atoms with Crippen molar-refractivity contribution in [3.05, 3.63) is 82.9 Å². The molecule has 0 bridgehead atoms. The first kappa shape index (κ1) is 23.6. The molecule has 1 atom stereocenters. The normalized spacial score (nSPS) is 14.6. The van der Waals surface area contributed by atoms with E-state index in [0.717, 1.165) is 29.5 Å². The van der Waals surface area contributed by atoms with Crippen molar-refractivity contribution < 1.29 is 22.3 Å². The van der Waals surface area contributed by atoms with Crippen LogP contribution in [0.15, 0.2) is 75.7 Å². The number of fused-ring (bicyclic) bond motifs is 1. The van der Waals surface area contributed by atoms with Crippen LogP contribution in [0.2, 0.25) is 0 Å². The highest BCUT2D eigenvalue weighted by atomic mass is 32.2. The molecular weight excluding hydrogens is 457 g/mol. The molecule has 1 unspecified atom stereocenters. The molecule has 0 radical (unpaired) electrons. The van der Waals surface area contributed by atoms with Crippen molar-refractivity contribution in [3.8, 4) is 5.75 Å². The van der Waals surface area contributed by atoms with Crippen molar-refractivity contribution in [2.45, 2.75) is 42.1 Å². The van der Waals surface area contributed by atoms with Crippen molar-refractivity contribution in [2.75, 3.05) is 6.61 Å². The van der Waals surface area contributed by atoms with E-state index >= 15 is 0 Å². The number of hydrogen-bond acceptors (Lipinski definition) is 6. The third kappa shape index (κ3) is 4.99. The number of carbonyl (C=O) groups is 1. The Hall–Kier alpha value is -3.59. The van der Waals surface area contributed by atoms with Crippen LogP contribution in [-0.4, -0.2) is 32.0 Å². The van der Waals surface area contributed by atoms with Crippen LogP contribution < -0.4 is 20.6 Å². The van der Waals surface area contributed by atoms with Crippen LogP contribution in [0.25, 0.3) is 6.08 Å². The second-order valence-electron chi connectivity index (χ2n) is 7.81. The van der Waals surface area contributed by atoms with Gasteiger partial charge in [0.1, 0.15) is 22.5 Å². The van der Waals surface area contributed by atoms with Crippen molar-refractivity contribution in [1.29, 1.82) is 0 Å². The summed E-state index contributed by atoms with van der Waals surface area (Å²) in [6.07, 6.45) is 6.61. The van der Waals surface area contributed by atoms with Gasteiger partial charge in [-0.15, -0.1) is 0 Å². The van der Waals surface area contributed by atoms with Gasteiger partial charge in [-0.3, -0.25) is 14.8 Å². The van der Waals surface area contributed by atoms with E-state index in [1.807, 2.05) is 6.92 Å². The number of hydrogen-bond donors (Lipinski definition) is 1. The molecule has 4 rings (SSSR count). The quantitative estimate of drug-likeness (QED) is 0.473. The van der Waals surface area contributed by atoms with Crippen molar-refractivity contribution in [3.63, 3.8) is 0 Å². The average molecular weight is 482 g/mol. The van der Waals surface area contributed by atoms with Crippen LogP contribution in [0.3, 0.4) is 0 Å². The zero-order valence-corrected chi connectivity index (χ0v) is 19.4. The van der Waals surface area contributed by atoms with Crippen molar-refractivity contribution in [2.24, 2.45) is 4.99 Å². The second kappa shape index (κ2) is 10.1. The molecule has 1 aliphatic heterocycles. The van der Waals surface area contributed by atoms with Crippen LogP contribution in [-0.2, 0) is 21.2 Å². The van der Waals surface area contributed by atoms with Gasteiger partial charge in [-0.2, -0.15) is 0 Å². The molecule has 34 heavy (non-hydrogen) atoms. The molecule has 3 aromatic rings. The molecule has 2 heterocycles. The third-order valence-electron chi connectivity index (χ3n) is 5.37. The van der Waals surface area contributed by atoms with E-state index in [1.165, 1.54) is 24.3 Å². The zero-order valence-electron chi connectivity index (χ0n) is 18.6. The fraction of sp³-hybridized carbons (Fsp3) is 0.240. The number of halogens is 1. The van der Waals surface area contributed by atoms with Gasteiger partial charge in [0.05, 0.1) is 16.9 Å². The van der Waals surface area contributed by atoms with Gasteiger partial charge in [-0.1, -0.05) is 31.5 Å². The van der Waals surface area contributed by atoms with E-state index in [2.05, 4.69) is 15.3 Å². The summed E-state index contributed by atoms with van der Waals surface area (Å²) >= 11 is 0. The Morgan fingerprint density at radius 2 is 1.94 bits per heavy atom. The smallest absolute Gasteiger partial charge is 0.249 e. The second-order valence-corrected chi connectivity index (χ2v) is 9.70. The number of amides is 1. The molecule has 9 heteroatoms. The summed E-state index contributed by atoms with van der Waals surface area (Å²) in [6.45, 7) is 2.47. The number of aromatic nitrogens is 1. The van der Waals surface area contributed by atoms with E-state index < -0.39 is 26.6 Å². The van der Waals surface area contributed by atoms with Gasteiger partial charge in [0.25, 0.3) is 0 Å². The largest absolute Gasteiger partial charge is 0.492 e. The molecule has 0 fully saturated rings. The van der Waals surface area contributed by atoms with Crippen molar-refractivity contribution in [1.82, 2.24) is 10.3 Å². The number of benzene rings is 2. The van der Waals surface area contributed by atoms with Gasteiger partial charge >= 0.3 is 0 Å². The van der Waals surface area contributed by atoms with Crippen LogP contribution >= 0.6 is 0 Å². The first-order valence-corrected chi connectivity index (χ1v) is 12.4. The first-order valence-electron chi connectivity index (χ1n) is 10.9. The lowest BCUT2D eigenvalue weighted by Crippen LogP contribution is -2.31. The van der Waals surface area contributed by atoms with E-state index in [9.17, 15) is 17.6 Å². The highest BCUT2D eigenvalue weighted by molar-refractivity contribution is 7.91. The number of pyridine rings is 1. The van der Waals surface area contributed by atoms with Gasteiger partial charge < -0.3 is 10.1 Å². The summed E-state index contributed by atoms with van der Waals surface area (Å²) in [5.41, 5.74) is 0.692. The number of unbranched alkanes of at least 4 members (excludes halogenated alkanes) is 1. The van der Waals surface area contributed by atoms with Crippen molar-refractivity contribution >= 4 is 21.8 Å². The minimum absolute atomic E-state index is 0.00227. The minimum atomic E-state index is -4.14. The molecule has 2 aromatic carbocycles. The summed E-state index contributed by atoms with van der Waals surface area (Å²) in [5.74, 6) is -1.14. The molecule has 1 aliphatic rings. The van der Waals surface area contributed by atoms with Gasteiger partial charge in [0.15, 0.2) is 0 Å².